The lowest BCUT2D eigenvalue weighted by molar-refractivity contribution is 0.321. The Morgan fingerprint density at radius 3 is 2.29 bits per heavy atom. The quantitative estimate of drug-likeness (QED) is 0.599. The normalized spacial score (nSPS) is 17.1. The van der Waals surface area contributed by atoms with E-state index in [2.05, 4.69) is 54.0 Å². The van der Waals surface area contributed by atoms with Crippen molar-refractivity contribution < 1.29 is 8.42 Å². The molecule has 0 N–H and O–H groups in total. The predicted octanol–water partition coefficient (Wildman–Crippen LogP) is 4.10. The molecule has 0 bridgehead atoms. The fourth-order valence-corrected chi connectivity index (χ4v) is 5.08. The number of nitrogens with zero attached hydrogens (tertiary/aromatic N) is 4. The van der Waals surface area contributed by atoms with Gasteiger partial charge in [0.2, 0.25) is 10.0 Å². The van der Waals surface area contributed by atoms with Crippen molar-refractivity contribution in [3.8, 4) is 6.07 Å². The van der Waals surface area contributed by atoms with Gasteiger partial charge in [0, 0.05) is 30.0 Å². The lowest BCUT2D eigenvalue weighted by Gasteiger charge is -2.30. The molecule has 1 fully saturated rings. The summed E-state index contributed by atoms with van der Waals surface area (Å²) in [5.41, 5.74) is 2.87. The first-order chi connectivity index (χ1) is 13.3. The molecule has 1 aliphatic heterocycles. The van der Waals surface area contributed by atoms with Gasteiger partial charge in [-0.2, -0.15) is 5.26 Å². The third kappa shape index (κ3) is 4.69. The topological polar surface area (TPSA) is 87.0 Å². The molecule has 0 spiro atoms. The molecule has 0 radical (unpaired) electrons. The van der Waals surface area contributed by atoms with Crippen molar-refractivity contribution in [3.05, 3.63) is 59.2 Å². The number of hydrogen-bond donors (Lipinski definition) is 0. The van der Waals surface area contributed by atoms with Crippen molar-refractivity contribution >= 4 is 50.8 Å². The maximum absolute atomic E-state index is 11.7. The van der Waals surface area contributed by atoms with Gasteiger partial charge in [-0.15, -0.1) is 0 Å². The molecule has 1 aliphatic rings. The van der Waals surface area contributed by atoms with Crippen molar-refractivity contribution in [2.24, 2.45) is 0 Å². The van der Waals surface area contributed by atoms with Crippen LogP contribution < -0.4 is 0 Å². The Balaban J connectivity index is 1.78. The Morgan fingerprint density at radius 2 is 1.71 bits per heavy atom. The summed E-state index contributed by atoms with van der Waals surface area (Å²) in [5, 5.41) is 9.22. The Hall–Kier alpha value is -1.60. The van der Waals surface area contributed by atoms with Crippen molar-refractivity contribution in [1.29, 1.82) is 5.26 Å². The van der Waals surface area contributed by atoms with Crippen LogP contribution in [0.2, 0.25) is 0 Å². The molecule has 1 aromatic carbocycles. The van der Waals surface area contributed by atoms with Crippen LogP contribution in [0.3, 0.4) is 0 Å². The van der Waals surface area contributed by atoms with Gasteiger partial charge in [0.15, 0.2) is 5.69 Å². The van der Waals surface area contributed by atoms with Crippen LogP contribution in [0.25, 0.3) is 8.96 Å². The maximum Gasteiger partial charge on any atom is 0.211 e. The average Bonchev–Trinajstić information content (AvgIpc) is 2.72. The second kappa shape index (κ2) is 8.82. The number of hydrogen-bond acceptors (Lipinski definition) is 5. The number of benzene rings is 1. The van der Waals surface area contributed by atoms with Crippen LogP contribution in [-0.2, 0) is 10.0 Å². The van der Waals surface area contributed by atoms with Gasteiger partial charge >= 0.3 is 0 Å². The zero-order chi connectivity index (χ0) is 20.3. The number of aromatic nitrogens is 2. The van der Waals surface area contributed by atoms with Crippen LogP contribution in [-0.4, -0.2) is 42.0 Å². The molecule has 28 heavy (non-hydrogen) atoms. The largest absolute Gasteiger partial charge is 0.251 e. The second-order valence-corrected chi connectivity index (χ2v) is 10.1. The summed E-state index contributed by atoms with van der Waals surface area (Å²) in [7, 11) is -3.11. The van der Waals surface area contributed by atoms with Gasteiger partial charge in [-0.05, 0) is 61.7 Å². The Kier molecular flexibility index (Phi) is 6.65. The zero-order valence-corrected chi connectivity index (χ0v) is 19.1. The van der Waals surface area contributed by atoms with E-state index >= 15 is 0 Å². The van der Waals surface area contributed by atoms with E-state index in [0.29, 0.717) is 29.2 Å². The molecular weight excluding hydrogens is 508 g/mol. The Morgan fingerprint density at radius 1 is 1.11 bits per heavy atom. The third-order valence-corrected chi connectivity index (χ3v) is 8.22. The van der Waals surface area contributed by atoms with Gasteiger partial charge in [-0.25, -0.2) is 17.7 Å². The average molecular weight is 526 g/mol. The van der Waals surface area contributed by atoms with Crippen LogP contribution in [0.4, 0.5) is 0 Å². The smallest absolute Gasteiger partial charge is 0.211 e. The van der Waals surface area contributed by atoms with E-state index in [-0.39, 0.29) is 5.69 Å². The third-order valence-electron chi connectivity index (χ3n) is 4.76. The van der Waals surface area contributed by atoms with E-state index < -0.39 is 10.0 Å². The fourth-order valence-electron chi connectivity index (χ4n) is 3.23. The molecule has 2 heterocycles. The highest BCUT2D eigenvalue weighted by Crippen LogP contribution is 2.36. The minimum absolute atomic E-state index is 0.251. The summed E-state index contributed by atoms with van der Waals surface area (Å²) < 4.78 is 26.3. The summed E-state index contributed by atoms with van der Waals surface area (Å²) in [5.74, 6) is 0.350. The van der Waals surface area contributed by atoms with Gasteiger partial charge in [0.1, 0.15) is 11.8 Å². The number of rotatable bonds is 4. The van der Waals surface area contributed by atoms with Gasteiger partial charge < -0.3 is 0 Å². The highest BCUT2D eigenvalue weighted by atomic mass is 79.9. The lowest BCUT2D eigenvalue weighted by Crippen LogP contribution is -2.37. The minimum Gasteiger partial charge on any atom is -0.251 e. The second-order valence-electron chi connectivity index (χ2n) is 6.55. The van der Waals surface area contributed by atoms with E-state index in [1.165, 1.54) is 18.0 Å². The van der Waals surface area contributed by atoms with Crippen LogP contribution in [0.1, 0.15) is 41.3 Å². The van der Waals surface area contributed by atoms with Crippen LogP contribution in [0.15, 0.2) is 36.7 Å². The maximum atomic E-state index is 11.7. The van der Waals surface area contributed by atoms with Crippen molar-refractivity contribution in [2.45, 2.75) is 18.8 Å². The molecule has 0 amide bonds. The number of nitriles is 1. The number of piperidine rings is 1. The number of sulfonamides is 1. The van der Waals surface area contributed by atoms with Crippen LogP contribution in [0, 0.1) is 11.3 Å². The molecule has 9 heteroatoms. The molecule has 1 aromatic heterocycles. The summed E-state index contributed by atoms with van der Waals surface area (Å²) in [6.07, 6.45) is 5.93. The van der Waals surface area contributed by atoms with Crippen molar-refractivity contribution in [3.63, 3.8) is 0 Å². The molecular formula is C19H18Br2N4O2S. The molecule has 3 rings (SSSR count). The predicted molar refractivity (Wildman–Crippen MR) is 116 cm³/mol. The molecule has 0 unspecified atom stereocenters. The van der Waals surface area contributed by atoms with Crippen molar-refractivity contribution in [1.82, 2.24) is 14.3 Å². The van der Waals surface area contributed by atoms with E-state index in [0.717, 1.165) is 22.9 Å². The van der Waals surface area contributed by atoms with Gasteiger partial charge in [-0.1, -0.05) is 24.3 Å². The van der Waals surface area contributed by atoms with Gasteiger partial charge in [0.25, 0.3) is 0 Å². The molecule has 0 atom stereocenters. The summed E-state index contributed by atoms with van der Waals surface area (Å²) in [4.78, 5) is 8.28. The van der Waals surface area contributed by atoms with Crippen LogP contribution in [0.5, 0.6) is 0 Å². The molecule has 146 valence electrons. The minimum atomic E-state index is -3.11. The first-order valence-electron chi connectivity index (χ1n) is 8.63. The summed E-state index contributed by atoms with van der Waals surface area (Å²) >= 11 is 7.10. The fraction of sp³-hybridized carbons (Fsp3) is 0.316. The van der Waals surface area contributed by atoms with Crippen LogP contribution >= 0.6 is 31.9 Å². The summed E-state index contributed by atoms with van der Waals surface area (Å²) in [6, 6.07) is 10.2. The Bertz CT molecular complexity index is 1040. The standard InChI is InChI=1S/C19H18Br2N4O2S/c1-28(26,27)25-10-6-14(7-11-25)13-2-4-15(5-3-13)17(20)18(21)19-16(12-22)23-8-9-24-19/h2-5,8-9,14H,6-7,10-11H2,1H3. The number of halogens is 2. The summed E-state index contributed by atoms with van der Waals surface area (Å²) in [6.45, 7) is 1.12. The highest BCUT2D eigenvalue weighted by molar-refractivity contribution is 9.18. The molecule has 2 aromatic rings. The lowest BCUT2D eigenvalue weighted by atomic mass is 9.90. The van der Waals surface area contributed by atoms with E-state index in [1.54, 1.807) is 10.5 Å². The molecule has 1 saturated heterocycles. The first kappa shape index (κ1) is 21.1. The highest BCUT2D eigenvalue weighted by Gasteiger charge is 2.25. The monoisotopic (exact) mass is 524 g/mol. The molecule has 0 saturated carbocycles. The SMILES string of the molecule is CS(=O)(=O)N1CCC(c2ccc(C(Br)=C(Br)c3nccnc3C#N)cc2)CC1. The Labute approximate surface area is 181 Å². The molecule has 6 nitrogen and oxygen atoms in total. The van der Waals surface area contributed by atoms with E-state index in [4.69, 9.17) is 0 Å². The zero-order valence-electron chi connectivity index (χ0n) is 15.1. The first-order valence-corrected chi connectivity index (χ1v) is 12.1. The molecule has 0 aliphatic carbocycles. The van der Waals surface area contributed by atoms with E-state index in [9.17, 15) is 13.7 Å². The van der Waals surface area contributed by atoms with Gasteiger partial charge in [-0.3, -0.25) is 4.98 Å². The van der Waals surface area contributed by atoms with Gasteiger partial charge in [0.05, 0.1) is 10.7 Å². The van der Waals surface area contributed by atoms with E-state index in [1.807, 2.05) is 18.2 Å². The van der Waals surface area contributed by atoms with Crippen molar-refractivity contribution in [2.75, 3.05) is 19.3 Å².